The number of hydrogen-bond acceptors (Lipinski definition) is 3. The maximum absolute atomic E-state index is 11.1. The van der Waals surface area contributed by atoms with E-state index in [1.807, 2.05) is 30.3 Å². The van der Waals surface area contributed by atoms with Gasteiger partial charge in [-0.05, 0) is 18.4 Å². The molecule has 1 fully saturated rings. The van der Waals surface area contributed by atoms with Crippen molar-refractivity contribution in [2.75, 3.05) is 13.6 Å². The first-order chi connectivity index (χ1) is 8.70. The summed E-state index contributed by atoms with van der Waals surface area (Å²) in [6, 6.07) is 12.5. The number of likely N-dealkylation sites (N-methyl/N-ethyl adjacent to an activating group) is 1. The third-order valence-electron chi connectivity index (χ3n) is 3.56. The van der Waals surface area contributed by atoms with Crippen LogP contribution in [0.5, 0.6) is 0 Å². The van der Waals surface area contributed by atoms with Gasteiger partial charge in [0.25, 0.3) is 0 Å². The maximum atomic E-state index is 11.1. The lowest BCUT2D eigenvalue weighted by molar-refractivity contribution is -0.120. The second kappa shape index (κ2) is 5.19. The van der Waals surface area contributed by atoms with Gasteiger partial charge in [-0.2, -0.15) is 5.26 Å². The highest BCUT2D eigenvalue weighted by Gasteiger charge is 2.45. The molecule has 2 N–H and O–H groups in total. The summed E-state index contributed by atoms with van der Waals surface area (Å²) in [6.07, 6.45) is 1.54. The van der Waals surface area contributed by atoms with Crippen molar-refractivity contribution in [2.45, 2.75) is 24.3 Å². The number of nitrogens with zero attached hydrogens (tertiary/aromatic N) is 1. The quantitative estimate of drug-likeness (QED) is 0.827. The van der Waals surface area contributed by atoms with Gasteiger partial charge in [0.1, 0.15) is 0 Å². The summed E-state index contributed by atoms with van der Waals surface area (Å²) >= 11 is 0. The van der Waals surface area contributed by atoms with Crippen LogP contribution in [0, 0.1) is 11.3 Å². The molecule has 1 amide bonds. The zero-order valence-electron chi connectivity index (χ0n) is 10.4. The van der Waals surface area contributed by atoms with E-state index >= 15 is 0 Å². The average Bonchev–Trinajstić information content (AvgIpc) is 2.38. The van der Waals surface area contributed by atoms with E-state index in [9.17, 15) is 10.1 Å². The van der Waals surface area contributed by atoms with Gasteiger partial charge in [0.05, 0.1) is 18.0 Å². The van der Waals surface area contributed by atoms with Gasteiger partial charge in [0.2, 0.25) is 5.91 Å². The van der Waals surface area contributed by atoms with E-state index in [0.29, 0.717) is 6.54 Å². The average molecular weight is 243 g/mol. The highest BCUT2D eigenvalue weighted by molar-refractivity contribution is 5.77. The van der Waals surface area contributed by atoms with Crippen LogP contribution in [-0.4, -0.2) is 25.5 Å². The van der Waals surface area contributed by atoms with Crippen molar-refractivity contribution in [3.8, 4) is 6.07 Å². The summed E-state index contributed by atoms with van der Waals surface area (Å²) in [7, 11) is 1.62. The Morgan fingerprint density at radius 3 is 2.67 bits per heavy atom. The minimum absolute atomic E-state index is 0.0239. The van der Waals surface area contributed by atoms with Gasteiger partial charge in [0, 0.05) is 13.1 Å². The topological polar surface area (TPSA) is 64.9 Å². The SMILES string of the molecule is CNC(=O)CNC1CC(C#N)(c2ccccc2)C1. The van der Waals surface area contributed by atoms with Crippen molar-refractivity contribution >= 4 is 5.91 Å². The van der Waals surface area contributed by atoms with E-state index in [-0.39, 0.29) is 17.4 Å². The van der Waals surface area contributed by atoms with Crippen molar-refractivity contribution in [1.82, 2.24) is 10.6 Å². The van der Waals surface area contributed by atoms with E-state index in [1.54, 1.807) is 7.05 Å². The van der Waals surface area contributed by atoms with Crippen molar-refractivity contribution < 1.29 is 4.79 Å². The Labute approximate surface area is 107 Å². The fourth-order valence-corrected chi connectivity index (χ4v) is 2.40. The minimum atomic E-state index is -0.373. The summed E-state index contributed by atoms with van der Waals surface area (Å²) in [5, 5.41) is 15.1. The molecule has 0 saturated heterocycles. The number of carbonyl (C=O) groups is 1. The molecule has 2 rings (SSSR count). The van der Waals surface area contributed by atoms with Crippen LogP contribution in [0.3, 0.4) is 0 Å². The largest absolute Gasteiger partial charge is 0.358 e. The summed E-state index contributed by atoms with van der Waals surface area (Å²) < 4.78 is 0. The van der Waals surface area contributed by atoms with E-state index in [2.05, 4.69) is 16.7 Å². The number of nitriles is 1. The Morgan fingerprint density at radius 2 is 2.11 bits per heavy atom. The van der Waals surface area contributed by atoms with E-state index in [1.165, 1.54) is 0 Å². The summed E-state index contributed by atoms with van der Waals surface area (Å²) in [5.41, 5.74) is 0.701. The molecule has 0 unspecified atom stereocenters. The molecular formula is C14H17N3O. The molecular weight excluding hydrogens is 226 g/mol. The molecule has 4 heteroatoms. The number of amides is 1. The van der Waals surface area contributed by atoms with Crippen LogP contribution in [0.15, 0.2) is 30.3 Å². The molecule has 0 heterocycles. The summed E-state index contributed by atoms with van der Waals surface area (Å²) in [4.78, 5) is 11.1. The summed E-state index contributed by atoms with van der Waals surface area (Å²) in [5.74, 6) is -0.0239. The predicted molar refractivity (Wildman–Crippen MR) is 68.8 cm³/mol. The van der Waals surface area contributed by atoms with Crippen LogP contribution in [0.1, 0.15) is 18.4 Å². The smallest absolute Gasteiger partial charge is 0.233 e. The number of nitrogens with one attached hydrogen (secondary N) is 2. The molecule has 1 aliphatic carbocycles. The van der Waals surface area contributed by atoms with Crippen molar-refractivity contribution in [3.05, 3.63) is 35.9 Å². The van der Waals surface area contributed by atoms with Gasteiger partial charge < -0.3 is 10.6 Å². The fourth-order valence-electron chi connectivity index (χ4n) is 2.40. The highest BCUT2D eigenvalue weighted by atomic mass is 16.1. The minimum Gasteiger partial charge on any atom is -0.358 e. The molecule has 1 aromatic carbocycles. The van der Waals surface area contributed by atoms with Crippen LogP contribution in [0.4, 0.5) is 0 Å². The predicted octanol–water partition coefficient (Wildman–Crippen LogP) is 0.946. The van der Waals surface area contributed by atoms with E-state index < -0.39 is 0 Å². The Morgan fingerprint density at radius 1 is 1.44 bits per heavy atom. The molecule has 1 aliphatic rings. The van der Waals surface area contributed by atoms with E-state index in [0.717, 1.165) is 18.4 Å². The Hall–Kier alpha value is -1.86. The normalized spacial score (nSPS) is 25.9. The number of benzene rings is 1. The van der Waals surface area contributed by atoms with Gasteiger partial charge in [-0.3, -0.25) is 4.79 Å². The molecule has 0 bridgehead atoms. The lowest BCUT2D eigenvalue weighted by atomic mass is 9.62. The first-order valence-corrected chi connectivity index (χ1v) is 6.11. The first-order valence-electron chi connectivity index (χ1n) is 6.11. The van der Waals surface area contributed by atoms with Crippen molar-refractivity contribution in [1.29, 1.82) is 5.26 Å². The van der Waals surface area contributed by atoms with Crippen LogP contribution in [0.25, 0.3) is 0 Å². The second-order valence-electron chi connectivity index (χ2n) is 4.72. The van der Waals surface area contributed by atoms with Crippen LogP contribution in [-0.2, 0) is 10.2 Å². The molecule has 4 nitrogen and oxygen atoms in total. The Kier molecular flexibility index (Phi) is 3.63. The van der Waals surface area contributed by atoms with Gasteiger partial charge in [0.15, 0.2) is 0 Å². The lowest BCUT2D eigenvalue weighted by Crippen LogP contribution is -2.52. The van der Waals surface area contributed by atoms with Gasteiger partial charge in [-0.15, -0.1) is 0 Å². The summed E-state index contributed by atoms with van der Waals surface area (Å²) in [6.45, 7) is 0.317. The molecule has 18 heavy (non-hydrogen) atoms. The molecule has 1 saturated carbocycles. The zero-order chi connectivity index (χ0) is 13.0. The van der Waals surface area contributed by atoms with Crippen LogP contribution >= 0.6 is 0 Å². The standard InChI is InChI=1S/C14H17N3O/c1-16-13(18)9-17-12-7-14(8-12,10-15)11-5-3-2-4-6-11/h2-6,12,17H,7-9H2,1H3,(H,16,18). The molecule has 1 aromatic rings. The second-order valence-corrected chi connectivity index (χ2v) is 4.72. The lowest BCUT2D eigenvalue weighted by Gasteiger charge is -2.43. The fraction of sp³-hybridized carbons (Fsp3) is 0.429. The Balaban J connectivity index is 1.93. The first kappa shape index (κ1) is 12.6. The van der Waals surface area contributed by atoms with Crippen molar-refractivity contribution in [2.24, 2.45) is 0 Å². The highest BCUT2D eigenvalue weighted by Crippen LogP contribution is 2.43. The van der Waals surface area contributed by atoms with E-state index in [4.69, 9.17) is 0 Å². The molecule has 94 valence electrons. The van der Waals surface area contributed by atoms with Crippen LogP contribution in [0.2, 0.25) is 0 Å². The molecule has 0 aliphatic heterocycles. The van der Waals surface area contributed by atoms with Crippen molar-refractivity contribution in [3.63, 3.8) is 0 Å². The number of hydrogen-bond donors (Lipinski definition) is 2. The Bertz CT molecular complexity index is 458. The van der Waals surface area contributed by atoms with Crippen LogP contribution < -0.4 is 10.6 Å². The molecule has 0 spiro atoms. The third-order valence-corrected chi connectivity index (χ3v) is 3.56. The van der Waals surface area contributed by atoms with Gasteiger partial charge in [-0.1, -0.05) is 30.3 Å². The maximum Gasteiger partial charge on any atom is 0.233 e. The molecule has 0 radical (unpaired) electrons. The van der Waals surface area contributed by atoms with Gasteiger partial charge in [-0.25, -0.2) is 0 Å². The number of rotatable bonds is 4. The zero-order valence-corrected chi connectivity index (χ0v) is 10.4. The monoisotopic (exact) mass is 243 g/mol. The molecule has 0 aromatic heterocycles. The number of carbonyl (C=O) groups excluding carboxylic acids is 1. The third kappa shape index (κ3) is 2.36. The van der Waals surface area contributed by atoms with Gasteiger partial charge >= 0.3 is 0 Å². The molecule has 0 atom stereocenters.